The van der Waals surface area contributed by atoms with Gasteiger partial charge in [-0.05, 0) is 29.8 Å². The normalized spacial score (nSPS) is 13.2. The van der Waals surface area contributed by atoms with E-state index in [1.807, 2.05) is 24.3 Å². The molecule has 0 saturated heterocycles. The minimum Gasteiger partial charge on any atom is -0.322 e. The van der Waals surface area contributed by atoms with Crippen molar-refractivity contribution in [3.8, 4) is 0 Å². The van der Waals surface area contributed by atoms with Crippen molar-refractivity contribution in [3.05, 3.63) is 48.2 Å². The van der Waals surface area contributed by atoms with E-state index < -0.39 is 8.32 Å². The highest BCUT2D eigenvalue weighted by Gasteiger charge is 2.38. The summed E-state index contributed by atoms with van der Waals surface area (Å²) in [6, 6.07) is 10.2. The third-order valence-corrected chi connectivity index (χ3v) is 7.83. The van der Waals surface area contributed by atoms with E-state index in [1.165, 1.54) is 5.56 Å². The van der Waals surface area contributed by atoms with Crippen LogP contribution in [0.2, 0.25) is 18.1 Å². The van der Waals surface area contributed by atoms with Crippen molar-refractivity contribution < 1.29 is 4.53 Å². The molecule has 0 radical (unpaired) electrons. The van der Waals surface area contributed by atoms with E-state index in [0.29, 0.717) is 6.54 Å². The molecule has 0 bridgehead atoms. The van der Waals surface area contributed by atoms with E-state index >= 15 is 0 Å². The van der Waals surface area contributed by atoms with Gasteiger partial charge in [0.25, 0.3) is 0 Å². The first-order valence-corrected chi connectivity index (χ1v) is 9.86. The molecule has 0 aliphatic heterocycles. The van der Waals surface area contributed by atoms with Gasteiger partial charge in [0, 0.05) is 12.4 Å². The molecule has 0 spiro atoms. The van der Waals surface area contributed by atoms with Crippen LogP contribution in [0, 0.1) is 0 Å². The van der Waals surface area contributed by atoms with Gasteiger partial charge in [0.15, 0.2) is 0 Å². The molecule has 4 heteroatoms. The van der Waals surface area contributed by atoms with Gasteiger partial charge in [0.05, 0.1) is 6.54 Å². The number of aliphatic imine (C=N–C) groups is 1. The molecule has 1 aromatic carbocycles. The average molecular weight is 290 g/mol. The predicted octanol–water partition coefficient (Wildman–Crippen LogP) is 4.30. The van der Waals surface area contributed by atoms with Gasteiger partial charge < -0.3 is 4.53 Å². The first-order valence-electron chi connectivity index (χ1n) is 6.95. The van der Waals surface area contributed by atoms with Crippen molar-refractivity contribution in [1.29, 1.82) is 0 Å². The van der Waals surface area contributed by atoms with E-state index in [1.54, 1.807) is 12.4 Å². The molecule has 3 nitrogen and oxygen atoms in total. The zero-order valence-corrected chi connectivity index (χ0v) is 14.2. The van der Waals surface area contributed by atoms with Gasteiger partial charge in [0.1, 0.15) is 0 Å². The highest BCUT2D eigenvalue weighted by molar-refractivity contribution is 6.74. The fraction of sp³-hybridized carbons (Fsp3) is 0.438. The number of nitrogens with zero attached hydrogens (tertiary/aromatic N) is 1. The van der Waals surface area contributed by atoms with Crippen LogP contribution in [0.5, 0.6) is 0 Å². The Morgan fingerprint density at radius 2 is 1.85 bits per heavy atom. The van der Waals surface area contributed by atoms with Crippen LogP contribution >= 0.6 is 0 Å². The molecule has 0 unspecified atom stereocenters. The number of hydrogen-bond acceptors (Lipinski definition) is 3. The number of hydrogen-bond donors (Lipinski definition) is 1. The van der Waals surface area contributed by atoms with Crippen molar-refractivity contribution >= 4 is 14.5 Å². The molecule has 0 amide bonds. The molecule has 1 aromatic rings. The number of rotatable bonds is 6. The third kappa shape index (κ3) is 5.71. The number of benzene rings is 1. The Kier molecular flexibility index (Phi) is 6.17. The summed E-state index contributed by atoms with van der Waals surface area (Å²) in [4.78, 5) is 4.33. The summed E-state index contributed by atoms with van der Waals surface area (Å²) in [7, 11) is -1.73. The van der Waals surface area contributed by atoms with Crippen LogP contribution in [0.3, 0.4) is 0 Å². The molecule has 0 saturated carbocycles. The quantitative estimate of drug-likeness (QED) is 0.481. The molecule has 20 heavy (non-hydrogen) atoms. The molecule has 0 fully saturated rings. The highest BCUT2D eigenvalue weighted by Crippen LogP contribution is 2.35. The first kappa shape index (κ1) is 16.7. The maximum absolute atomic E-state index is 5.80. The van der Waals surface area contributed by atoms with Crippen molar-refractivity contribution in [2.45, 2.75) is 45.4 Å². The summed E-state index contributed by atoms with van der Waals surface area (Å²) in [5.41, 5.74) is 4.13. The molecule has 110 valence electrons. The largest absolute Gasteiger partial charge is 0.322 e. The molecular weight excluding hydrogens is 264 g/mol. The standard InChI is InChI=1S/C16H26N2OSi/c1-16(2,3)20(4,5)19-18-13-9-12-17-14-15-10-7-6-8-11-15/h6-13,18H,14H2,1-5H3/b13-9+,17-12?. The summed E-state index contributed by atoms with van der Waals surface area (Å²) in [5.74, 6) is 0. The summed E-state index contributed by atoms with van der Waals surface area (Å²) < 4.78 is 5.80. The van der Waals surface area contributed by atoms with Gasteiger partial charge >= 0.3 is 0 Å². The first-order chi connectivity index (χ1) is 9.33. The van der Waals surface area contributed by atoms with Gasteiger partial charge in [-0.25, -0.2) is 0 Å². The van der Waals surface area contributed by atoms with Gasteiger partial charge in [-0.2, -0.15) is 0 Å². The second kappa shape index (κ2) is 7.41. The number of nitrogens with one attached hydrogen (secondary N) is 1. The predicted molar refractivity (Wildman–Crippen MR) is 89.2 cm³/mol. The lowest BCUT2D eigenvalue weighted by molar-refractivity contribution is 0.217. The Bertz CT molecular complexity index is 447. The Hall–Kier alpha value is -1.39. The average Bonchev–Trinajstić information content (AvgIpc) is 2.37. The molecular formula is C16H26N2OSi. The van der Waals surface area contributed by atoms with Gasteiger partial charge in [-0.1, -0.05) is 51.1 Å². The summed E-state index contributed by atoms with van der Waals surface area (Å²) >= 11 is 0. The van der Waals surface area contributed by atoms with E-state index in [9.17, 15) is 0 Å². The van der Waals surface area contributed by atoms with Crippen LogP contribution in [0.4, 0.5) is 0 Å². The lowest BCUT2D eigenvalue weighted by Gasteiger charge is -2.34. The third-order valence-electron chi connectivity index (χ3n) is 3.59. The molecule has 1 N–H and O–H groups in total. The zero-order chi connectivity index (χ0) is 15.1. The van der Waals surface area contributed by atoms with Crippen LogP contribution in [0.15, 0.2) is 47.6 Å². The smallest absolute Gasteiger partial charge is 0.228 e. The SMILES string of the molecule is CC(C)(C)[Si](C)(C)ON/C=C/C=NCc1ccccc1. The highest BCUT2D eigenvalue weighted by atomic mass is 28.4. The second-order valence-corrected chi connectivity index (χ2v) is 11.0. The summed E-state index contributed by atoms with van der Waals surface area (Å²) in [6.45, 7) is 11.8. The maximum atomic E-state index is 5.80. The summed E-state index contributed by atoms with van der Waals surface area (Å²) in [6.07, 6.45) is 5.43. The molecule has 0 aromatic heterocycles. The van der Waals surface area contributed by atoms with Gasteiger partial charge in [-0.3, -0.25) is 10.5 Å². The Labute approximate surface area is 123 Å². The molecule has 0 heterocycles. The Morgan fingerprint density at radius 1 is 1.20 bits per heavy atom. The van der Waals surface area contributed by atoms with E-state index in [0.717, 1.165) is 0 Å². The fourth-order valence-electron chi connectivity index (χ4n) is 1.22. The monoisotopic (exact) mass is 290 g/mol. The summed E-state index contributed by atoms with van der Waals surface area (Å²) in [5, 5.41) is 0.204. The van der Waals surface area contributed by atoms with Crippen molar-refractivity contribution in [2.24, 2.45) is 4.99 Å². The molecule has 0 aliphatic carbocycles. The Morgan fingerprint density at radius 3 is 2.45 bits per heavy atom. The minimum absolute atomic E-state index is 0.204. The van der Waals surface area contributed by atoms with Crippen molar-refractivity contribution in [1.82, 2.24) is 5.48 Å². The van der Waals surface area contributed by atoms with E-state index in [2.05, 4.69) is 56.5 Å². The van der Waals surface area contributed by atoms with Gasteiger partial charge in [0.2, 0.25) is 8.32 Å². The van der Waals surface area contributed by atoms with Crippen LogP contribution in [0.25, 0.3) is 0 Å². The van der Waals surface area contributed by atoms with Gasteiger partial charge in [-0.15, -0.1) is 0 Å². The lowest BCUT2D eigenvalue weighted by atomic mass is 10.2. The van der Waals surface area contributed by atoms with Crippen molar-refractivity contribution in [3.63, 3.8) is 0 Å². The van der Waals surface area contributed by atoms with Crippen LogP contribution in [0.1, 0.15) is 26.3 Å². The Balaban J connectivity index is 2.29. The second-order valence-electron chi connectivity index (χ2n) is 6.31. The number of hydroxylamine groups is 1. The fourth-order valence-corrected chi connectivity index (χ4v) is 1.89. The van der Waals surface area contributed by atoms with Crippen LogP contribution in [-0.2, 0) is 11.1 Å². The maximum Gasteiger partial charge on any atom is 0.228 e. The molecule has 0 atom stereocenters. The van der Waals surface area contributed by atoms with E-state index in [4.69, 9.17) is 4.53 Å². The van der Waals surface area contributed by atoms with Crippen LogP contribution in [-0.4, -0.2) is 14.5 Å². The lowest BCUT2D eigenvalue weighted by Crippen LogP contribution is -2.43. The van der Waals surface area contributed by atoms with E-state index in [-0.39, 0.29) is 5.04 Å². The van der Waals surface area contributed by atoms with Crippen molar-refractivity contribution in [2.75, 3.05) is 0 Å². The van der Waals surface area contributed by atoms with Crippen LogP contribution < -0.4 is 5.48 Å². The minimum atomic E-state index is -1.73. The number of allylic oxidation sites excluding steroid dienone is 1. The molecule has 1 rings (SSSR count). The zero-order valence-electron chi connectivity index (χ0n) is 13.2. The molecule has 0 aliphatic rings. The topological polar surface area (TPSA) is 33.6 Å².